The molecule has 2 aliphatic heterocycles. The summed E-state index contributed by atoms with van der Waals surface area (Å²) in [7, 11) is 0. The summed E-state index contributed by atoms with van der Waals surface area (Å²) in [4.78, 5) is 46.1. The van der Waals surface area contributed by atoms with Crippen molar-refractivity contribution in [3.8, 4) is 34.9 Å². The molecular formula is C42H36F6N10O12. The number of aromatic amines is 1. The first kappa shape index (κ1) is 49.3. The number of hydrogen-bond acceptors (Lipinski definition) is 16. The number of nitrogen functional groups attached to an aromatic ring is 2. The number of fused-ring (bicyclic) bond motifs is 3. The molecule has 0 aliphatic carbocycles. The molecule has 4 aromatic carbocycles. The van der Waals surface area contributed by atoms with Crippen LogP contribution in [0.25, 0.3) is 22.4 Å². The first-order chi connectivity index (χ1) is 33.1. The van der Waals surface area contributed by atoms with E-state index in [9.17, 15) is 51.4 Å². The maximum Gasteiger partial charge on any atom is 0.573 e. The van der Waals surface area contributed by atoms with Crippen molar-refractivity contribution in [2.75, 3.05) is 24.7 Å². The fraction of sp³-hybridized carbons (Fsp3) is 0.238. The van der Waals surface area contributed by atoms with Crippen LogP contribution in [0.3, 0.4) is 0 Å². The van der Waals surface area contributed by atoms with Gasteiger partial charge in [0.2, 0.25) is 0 Å². The van der Waals surface area contributed by atoms with E-state index in [1.807, 2.05) is 24.3 Å². The summed E-state index contributed by atoms with van der Waals surface area (Å²) in [6.07, 6.45) is -7.42. The Morgan fingerprint density at radius 1 is 0.714 bits per heavy atom. The number of hydrogen-bond donors (Lipinski definition) is 4. The van der Waals surface area contributed by atoms with Gasteiger partial charge in [0.1, 0.15) is 55.1 Å². The van der Waals surface area contributed by atoms with Gasteiger partial charge in [0.05, 0.1) is 54.3 Å². The van der Waals surface area contributed by atoms with Crippen LogP contribution in [0.5, 0.6) is 23.5 Å². The normalized spacial score (nSPS) is 15.1. The minimum absolute atomic E-state index is 0.0572. The number of anilines is 2. The van der Waals surface area contributed by atoms with Crippen molar-refractivity contribution in [3.63, 3.8) is 0 Å². The Bertz CT molecular complexity index is 2980. The number of H-pyrrole nitrogens is 1. The van der Waals surface area contributed by atoms with E-state index < -0.39 is 28.5 Å². The van der Waals surface area contributed by atoms with Crippen molar-refractivity contribution < 1.29 is 74.5 Å². The smallest absolute Gasteiger partial charge is 0.478 e. The molecule has 70 heavy (non-hydrogen) atoms. The lowest BCUT2D eigenvalue weighted by atomic mass is 10.1. The molecule has 6 N–H and O–H groups in total. The highest BCUT2D eigenvalue weighted by molar-refractivity contribution is 5.87. The van der Waals surface area contributed by atoms with Crippen LogP contribution in [0, 0.1) is 20.2 Å². The number of carboxylic acid groups (broad SMARTS) is 1. The number of nitro groups is 2. The summed E-state index contributed by atoms with van der Waals surface area (Å²) in [5, 5.41) is 30.4. The molecule has 0 unspecified atom stereocenters. The SMILES string of the molecule is Nc1ccc(OC(F)(F)F)cc1N.O=C(O)c1ccc(CO[C@@H]2COc3nc([N+](=O)[O-])cn3C2)cc1.O=[N+]([O-])c1cn2c(n1)OC[C@@H](OCc1ccc(-c3nc4ccc(OC(F)(F)F)cc4[nH]3)cc1)C2. The van der Waals surface area contributed by atoms with Gasteiger partial charge in [0.25, 0.3) is 0 Å². The van der Waals surface area contributed by atoms with Gasteiger partial charge in [-0.15, -0.1) is 26.3 Å². The molecule has 9 rings (SSSR count). The second-order valence-corrected chi connectivity index (χ2v) is 14.9. The number of nitrogens with two attached hydrogens (primary N) is 2. The average molecular weight is 987 g/mol. The van der Waals surface area contributed by atoms with Crippen molar-refractivity contribution in [2.45, 2.75) is 51.2 Å². The molecule has 0 saturated carbocycles. The number of halogens is 6. The quantitative estimate of drug-likeness (QED) is 0.0400. The van der Waals surface area contributed by atoms with E-state index in [0.717, 1.165) is 28.8 Å². The molecule has 2 atom stereocenters. The number of aromatic carboxylic acids is 1. The summed E-state index contributed by atoms with van der Waals surface area (Å²) in [6, 6.07) is 21.4. The molecule has 22 nitrogen and oxygen atoms in total. The van der Waals surface area contributed by atoms with Gasteiger partial charge in [-0.3, -0.25) is 9.13 Å². The molecule has 2 aliphatic rings. The molecule has 0 saturated heterocycles. The van der Waals surface area contributed by atoms with Gasteiger partial charge >= 0.3 is 42.4 Å². The molecule has 3 aromatic heterocycles. The van der Waals surface area contributed by atoms with Crippen molar-refractivity contribution in [1.29, 1.82) is 0 Å². The van der Waals surface area contributed by atoms with Crippen molar-refractivity contribution in [1.82, 2.24) is 29.1 Å². The van der Waals surface area contributed by atoms with Crippen LogP contribution in [0.1, 0.15) is 21.5 Å². The lowest BCUT2D eigenvalue weighted by molar-refractivity contribution is -0.389. The third-order valence-corrected chi connectivity index (χ3v) is 9.80. The third-order valence-electron chi connectivity index (χ3n) is 9.80. The molecule has 368 valence electrons. The van der Waals surface area contributed by atoms with E-state index >= 15 is 0 Å². The van der Waals surface area contributed by atoms with Gasteiger partial charge in [-0.1, -0.05) is 36.4 Å². The van der Waals surface area contributed by atoms with Crippen LogP contribution < -0.4 is 30.4 Å². The Labute approximate surface area is 388 Å². The second kappa shape index (κ2) is 20.7. The molecule has 0 amide bonds. The van der Waals surface area contributed by atoms with Gasteiger partial charge in [0.15, 0.2) is 0 Å². The summed E-state index contributed by atoms with van der Waals surface area (Å²) in [6.45, 7) is 1.85. The zero-order valence-corrected chi connectivity index (χ0v) is 35.6. The zero-order valence-electron chi connectivity index (χ0n) is 35.6. The molecule has 0 fully saturated rings. The minimum atomic E-state index is -4.77. The van der Waals surface area contributed by atoms with Crippen molar-refractivity contribution in [2.24, 2.45) is 0 Å². The Morgan fingerprint density at radius 3 is 1.67 bits per heavy atom. The minimum Gasteiger partial charge on any atom is -0.478 e. The van der Waals surface area contributed by atoms with Gasteiger partial charge < -0.3 is 70.2 Å². The lowest BCUT2D eigenvalue weighted by Crippen LogP contribution is -2.32. The number of ether oxygens (including phenoxy) is 6. The first-order valence-corrected chi connectivity index (χ1v) is 20.1. The van der Waals surface area contributed by atoms with E-state index in [1.165, 1.54) is 48.8 Å². The molecule has 5 heterocycles. The van der Waals surface area contributed by atoms with E-state index in [4.69, 9.17) is 35.5 Å². The average Bonchev–Trinajstić information content (AvgIpc) is 4.06. The van der Waals surface area contributed by atoms with Crippen LogP contribution in [0.15, 0.2) is 97.3 Å². The topological polar surface area (TPSA) is 295 Å². The highest BCUT2D eigenvalue weighted by Crippen LogP contribution is 2.30. The highest BCUT2D eigenvalue weighted by atomic mass is 19.4. The van der Waals surface area contributed by atoms with Gasteiger partial charge in [-0.25, -0.2) is 9.78 Å². The third kappa shape index (κ3) is 13.3. The number of imidazole rings is 3. The van der Waals surface area contributed by atoms with Crippen LogP contribution in [-0.2, 0) is 35.8 Å². The monoisotopic (exact) mass is 986 g/mol. The predicted molar refractivity (Wildman–Crippen MR) is 229 cm³/mol. The maximum absolute atomic E-state index is 12.4. The first-order valence-electron chi connectivity index (χ1n) is 20.1. The van der Waals surface area contributed by atoms with Crippen LogP contribution in [-0.4, -0.2) is 88.1 Å². The lowest BCUT2D eigenvalue weighted by Gasteiger charge is -2.22. The number of benzene rings is 4. The van der Waals surface area contributed by atoms with E-state index in [-0.39, 0.29) is 77.5 Å². The number of carbonyl (C=O) groups is 1. The highest BCUT2D eigenvalue weighted by Gasteiger charge is 2.33. The van der Waals surface area contributed by atoms with E-state index in [0.29, 0.717) is 43.2 Å². The molecule has 7 aromatic rings. The number of carboxylic acids is 1. The molecular weight excluding hydrogens is 951 g/mol. The number of rotatable bonds is 12. The number of nitrogens with zero attached hydrogens (tertiary/aromatic N) is 7. The number of aromatic nitrogens is 6. The number of alkyl halides is 6. The maximum atomic E-state index is 12.4. The summed E-state index contributed by atoms with van der Waals surface area (Å²) in [5.41, 5.74) is 14.4. The van der Waals surface area contributed by atoms with Crippen LogP contribution in [0.2, 0.25) is 0 Å². The zero-order chi connectivity index (χ0) is 50.3. The van der Waals surface area contributed by atoms with Gasteiger partial charge in [-0.05, 0) is 57.4 Å². The van der Waals surface area contributed by atoms with Crippen molar-refractivity contribution >= 4 is 40.0 Å². The standard InChI is InChI=1S/C21H16F3N5O5.C14H13N3O6.C7H7F3N2O/c22-21(23,24)34-14-5-6-16-17(7-14)26-19(25-16)13-3-1-12(2-4-13)10-32-15-8-28-9-18(29(30)31)27-20(28)33-11-15;18-13(19)10-3-1-9(2-4-10)7-22-11-5-16-6-12(17(20)21)15-14(16)23-8-11;8-7(9,10)13-4-1-2-5(11)6(12)3-4/h1-7,9,15H,8,10-11H2,(H,25,26);1-4,6,11H,5,7-8H2,(H,18,19);1-3H,11-12H2/t15-;11-;/m00./s1. The molecule has 0 bridgehead atoms. The van der Waals surface area contributed by atoms with Crippen molar-refractivity contribution in [3.05, 3.63) is 134 Å². The summed E-state index contributed by atoms with van der Waals surface area (Å²) in [5.74, 6) is -1.72. The second-order valence-electron chi connectivity index (χ2n) is 14.9. The fourth-order valence-corrected chi connectivity index (χ4v) is 6.52. The Balaban J connectivity index is 0.000000172. The Hall–Kier alpha value is -8.66. The van der Waals surface area contributed by atoms with E-state index in [1.54, 1.807) is 21.3 Å². The molecule has 0 radical (unpaired) electrons. The summed E-state index contributed by atoms with van der Waals surface area (Å²) < 4.78 is 105. The van der Waals surface area contributed by atoms with Gasteiger partial charge in [-0.2, -0.15) is 0 Å². The fourth-order valence-electron chi connectivity index (χ4n) is 6.52. The van der Waals surface area contributed by atoms with Gasteiger partial charge in [0, 0.05) is 27.7 Å². The Kier molecular flexibility index (Phi) is 14.6. The summed E-state index contributed by atoms with van der Waals surface area (Å²) >= 11 is 0. The molecule has 0 spiro atoms. The largest absolute Gasteiger partial charge is 0.573 e. The van der Waals surface area contributed by atoms with Crippen LogP contribution >= 0.6 is 0 Å². The van der Waals surface area contributed by atoms with Crippen LogP contribution in [0.4, 0.5) is 49.4 Å². The van der Waals surface area contributed by atoms with E-state index in [2.05, 4.69) is 29.4 Å². The predicted octanol–water partition coefficient (Wildman–Crippen LogP) is 7.43. The Morgan fingerprint density at radius 2 is 1.20 bits per heavy atom. The number of nitrogens with one attached hydrogen (secondary N) is 1. The molecule has 28 heteroatoms.